The first-order valence-electron chi connectivity index (χ1n) is 5.77. The van der Waals surface area contributed by atoms with Crippen LogP contribution in [-0.2, 0) is 4.79 Å². The van der Waals surface area contributed by atoms with Gasteiger partial charge in [-0.1, -0.05) is 18.2 Å². The second kappa shape index (κ2) is 7.97. The highest BCUT2D eigenvalue weighted by atomic mass is 79.9. The molecule has 0 fully saturated rings. The van der Waals surface area contributed by atoms with Crippen molar-refractivity contribution < 1.29 is 19.4 Å². The van der Waals surface area contributed by atoms with Gasteiger partial charge in [-0.3, -0.25) is 0 Å². The minimum atomic E-state index is -1.02. The molecule has 4 nitrogen and oxygen atoms in total. The molecule has 0 atom stereocenters. The lowest BCUT2D eigenvalue weighted by Gasteiger charge is -2.14. The van der Waals surface area contributed by atoms with Gasteiger partial charge in [0.2, 0.25) is 0 Å². The lowest BCUT2D eigenvalue weighted by atomic mass is 10.2. The molecule has 1 aromatic rings. The standard InChI is InChI=1S/C14H14BrClO4/c1-3-19-12-7-10(4-5-13(17)18)6-11(15)14(12)20-8-9(2)16/h4-7H,2-3,8H2,1H3,(H,17,18)/b5-4+. The zero-order valence-electron chi connectivity index (χ0n) is 10.9. The van der Waals surface area contributed by atoms with Crippen LogP contribution >= 0.6 is 27.5 Å². The van der Waals surface area contributed by atoms with E-state index in [2.05, 4.69) is 22.5 Å². The molecule has 1 rings (SSSR count). The minimum Gasteiger partial charge on any atom is -0.490 e. The predicted octanol–water partition coefficient (Wildman–Crippen LogP) is 4.08. The number of rotatable bonds is 7. The van der Waals surface area contributed by atoms with Gasteiger partial charge in [0, 0.05) is 11.1 Å². The first kappa shape index (κ1) is 16.6. The van der Waals surface area contributed by atoms with Crippen LogP contribution in [0.5, 0.6) is 11.5 Å². The minimum absolute atomic E-state index is 0.157. The lowest BCUT2D eigenvalue weighted by molar-refractivity contribution is -0.131. The Hall–Kier alpha value is -1.46. The smallest absolute Gasteiger partial charge is 0.328 e. The van der Waals surface area contributed by atoms with Crippen molar-refractivity contribution in [2.45, 2.75) is 6.92 Å². The van der Waals surface area contributed by atoms with E-state index in [1.54, 1.807) is 12.1 Å². The topological polar surface area (TPSA) is 55.8 Å². The van der Waals surface area contributed by atoms with Crippen LogP contribution in [0.25, 0.3) is 6.08 Å². The van der Waals surface area contributed by atoms with E-state index < -0.39 is 5.97 Å². The van der Waals surface area contributed by atoms with Gasteiger partial charge in [-0.05, 0) is 46.6 Å². The van der Waals surface area contributed by atoms with Gasteiger partial charge in [-0.15, -0.1) is 0 Å². The molecule has 0 unspecified atom stereocenters. The summed E-state index contributed by atoms with van der Waals surface area (Å²) in [6, 6.07) is 3.42. The van der Waals surface area contributed by atoms with E-state index in [1.807, 2.05) is 6.92 Å². The molecule has 0 amide bonds. The Labute approximate surface area is 130 Å². The molecule has 0 saturated carbocycles. The Bertz CT molecular complexity index is 540. The zero-order valence-corrected chi connectivity index (χ0v) is 13.2. The van der Waals surface area contributed by atoms with Crippen LogP contribution in [0.3, 0.4) is 0 Å². The Morgan fingerprint density at radius 2 is 2.20 bits per heavy atom. The van der Waals surface area contributed by atoms with Gasteiger partial charge >= 0.3 is 5.97 Å². The van der Waals surface area contributed by atoms with Crippen LogP contribution in [0, 0.1) is 0 Å². The largest absolute Gasteiger partial charge is 0.490 e. The number of halogens is 2. The van der Waals surface area contributed by atoms with E-state index in [4.69, 9.17) is 26.2 Å². The molecule has 0 spiro atoms. The summed E-state index contributed by atoms with van der Waals surface area (Å²) < 4.78 is 11.7. The summed E-state index contributed by atoms with van der Waals surface area (Å²) in [5.41, 5.74) is 0.680. The molecule has 20 heavy (non-hydrogen) atoms. The monoisotopic (exact) mass is 360 g/mol. The number of carboxylic acid groups (broad SMARTS) is 1. The molecule has 0 aliphatic carbocycles. The fraction of sp³-hybridized carbons (Fsp3) is 0.214. The van der Waals surface area contributed by atoms with Crippen molar-refractivity contribution in [3.8, 4) is 11.5 Å². The molecule has 1 N–H and O–H groups in total. The summed E-state index contributed by atoms with van der Waals surface area (Å²) in [7, 11) is 0. The van der Waals surface area contributed by atoms with Gasteiger partial charge in [-0.25, -0.2) is 4.79 Å². The van der Waals surface area contributed by atoms with Crippen LogP contribution in [0.4, 0.5) is 0 Å². The number of carbonyl (C=O) groups is 1. The van der Waals surface area contributed by atoms with Gasteiger partial charge in [0.1, 0.15) is 6.61 Å². The number of hydrogen-bond donors (Lipinski definition) is 1. The summed E-state index contributed by atoms with van der Waals surface area (Å²) in [6.45, 7) is 6.01. The van der Waals surface area contributed by atoms with E-state index in [-0.39, 0.29) is 6.61 Å². The summed E-state index contributed by atoms with van der Waals surface area (Å²) >= 11 is 9.04. The third kappa shape index (κ3) is 5.27. The fourth-order valence-corrected chi connectivity index (χ4v) is 2.03. The molecule has 0 aliphatic heterocycles. The summed E-state index contributed by atoms with van der Waals surface area (Å²) in [5, 5.41) is 9.01. The maximum absolute atomic E-state index is 10.5. The third-order valence-corrected chi connectivity index (χ3v) is 2.82. The molecule has 0 heterocycles. The number of ether oxygens (including phenoxy) is 2. The molecule has 108 valence electrons. The predicted molar refractivity (Wildman–Crippen MR) is 82.5 cm³/mol. The van der Waals surface area contributed by atoms with E-state index in [0.29, 0.717) is 33.2 Å². The van der Waals surface area contributed by atoms with Gasteiger partial charge < -0.3 is 14.6 Å². The van der Waals surface area contributed by atoms with Crippen molar-refractivity contribution in [1.29, 1.82) is 0 Å². The molecule has 0 saturated heterocycles. The van der Waals surface area contributed by atoms with Crippen LogP contribution in [-0.4, -0.2) is 24.3 Å². The normalized spacial score (nSPS) is 10.6. The molecular formula is C14H14BrClO4. The van der Waals surface area contributed by atoms with Crippen molar-refractivity contribution in [3.05, 3.63) is 39.9 Å². The molecular weight excluding hydrogens is 348 g/mol. The van der Waals surface area contributed by atoms with Crippen LogP contribution in [0.2, 0.25) is 0 Å². The molecule has 1 aromatic carbocycles. The fourth-order valence-electron chi connectivity index (χ4n) is 1.41. The lowest BCUT2D eigenvalue weighted by Crippen LogP contribution is -2.02. The number of aliphatic carboxylic acids is 1. The summed E-state index contributed by atoms with van der Waals surface area (Å²) in [5.74, 6) is -0.0104. The van der Waals surface area contributed by atoms with Crippen molar-refractivity contribution in [3.63, 3.8) is 0 Å². The van der Waals surface area contributed by atoms with Crippen molar-refractivity contribution in [2.75, 3.05) is 13.2 Å². The Kier molecular flexibility index (Phi) is 6.61. The molecule has 6 heteroatoms. The average Bonchev–Trinajstić information content (AvgIpc) is 2.35. The second-order valence-corrected chi connectivity index (χ2v) is 5.13. The maximum atomic E-state index is 10.5. The van der Waals surface area contributed by atoms with E-state index in [1.165, 1.54) is 6.08 Å². The highest BCUT2D eigenvalue weighted by molar-refractivity contribution is 9.10. The highest BCUT2D eigenvalue weighted by Crippen LogP contribution is 2.37. The number of hydrogen-bond acceptors (Lipinski definition) is 3. The van der Waals surface area contributed by atoms with Gasteiger partial charge in [-0.2, -0.15) is 0 Å². The van der Waals surface area contributed by atoms with Crippen LogP contribution < -0.4 is 9.47 Å². The number of benzene rings is 1. The zero-order chi connectivity index (χ0) is 15.1. The highest BCUT2D eigenvalue weighted by Gasteiger charge is 2.12. The van der Waals surface area contributed by atoms with E-state index in [0.717, 1.165) is 6.08 Å². The molecule has 0 bridgehead atoms. The SMILES string of the molecule is C=C(Cl)COc1c(Br)cc(/C=C/C(=O)O)cc1OCC. The molecule has 0 radical (unpaired) electrons. The van der Waals surface area contributed by atoms with E-state index >= 15 is 0 Å². The first-order valence-corrected chi connectivity index (χ1v) is 6.94. The Morgan fingerprint density at radius 3 is 2.75 bits per heavy atom. The average molecular weight is 362 g/mol. The van der Waals surface area contributed by atoms with E-state index in [9.17, 15) is 4.79 Å². The second-order valence-electron chi connectivity index (χ2n) is 3.74. The number of carboxylic acids is 1. The maximum Gasteiger partial charge on any atom is 0.328 e. The quantitative estimate of drug-likeness (QED) is 0.744. The first-order chi connectivity index (χ1) is 9.43. The summed E-state index contributed by atoms with van der Waals surface area (Å²) in [6.07, 6.45) is 2.53. The molecule has 0 aliphatic rings. The summed E-state index contributed by atoms with van der Waals surface area (Å²) in [4.78, 5) is 10.5. The van der Waals surface area contributed by atoms with Gasteiger partial charge in [0.25, 0.3) is 0 Å². The van der Waals surface area contributed by atoms with Crippen LogP contribution in [0.15, 0.2) is 34.3 Å². The van der Waals surface area contributed by atoms with Crippen molar-refractivity contribution >= 4 is 39.6 Å². The van der Waals surface area contributed by atoms with Gasteiger partial charge in [0.15, 0.2) is 11.5 Å². The van der Waals surface area contributed by atoms with Crippen LogP contribution in [0.1, 0.15) is 12.5 Å². The Morgan fingerprint density at radius 1 is 1.50 bits per heavy atom. The Balaban J connectivity index is 3.10. The van der Waals surface area contributed by atoms with Gasteiger partial charge in [0.05, 0.1) is 11.1 Å². The van der Waals surface area contributed by atoms with Crippen molar-refractivity contribution in [1.82, 2.24) is 0 Å². The third-order valence-electron chi connectivity index (χ3n) is 2.12. The molecule has 0 aromatic heterocycles. The van der Waals surface area contributed by atoms with Crippen molar-refractivity contribution in [2.24, 2.45) is 0 Å².